The van der Waals surface area contributed by atoms with Gasteiger partial charge in [-0.05, 0) is 40.5 Å². The van der Waals surface area contributed by atoms with Gasteiger partial charge in [0, 0.05) is 36.4 Å². The van der Waals surface area contributed by atoms with Crippen molar-refractivity contribution in [3.8, 4) is 0 Å². The van der Waals surface area contributed by atoms with Crippen LogP contribution in [0.25, 0.3) is 0 Å². The third-order valence-corrected chi connectivity index (χ3v) is 3.88. The minimum atomic E-state index is 0.301. The van der Waals surface area contributed by atoms with Crippen molar-refractivity contribution < 1.29 is 0 Å². The van der Waals surface area contributed by atoms with Crippen LogP contribution in [0.15, 0.2) is 12.3 Å². The van der Waals surface area contributed by atoms with Gasteiger partial charge in [0.15, 0.2) is 0 Å². The lowest BCUT2D eigenvalue weighted by Crippen LogP contribution is -2.60. The van der Waals surface area contributed by atoms with Gasteiger partial charge in [0.2, 0.25) is 0 Å². The third kappa shape index (κ3) is 1.92. The predicted molar refractivity (Wildman–Crippen MR) is 64.8 cm³/mol. The second kappa shape index (κ2) is 3.51. The first kappa shape index (κ1) is 11.0. The van der Waals surface area contributed by atoms with Crippen molar-refractivity contribution >= 4 is 0 Å². The second-order valence-corrected chi connectivity index (χ2v) is 6.08. The van der Waals surface area contributed by atoms with Crippen molar-refractivity contribution in [2.24, 2.45) is 0 Å². The largest absolute Gasteiger partial charge is 0.369 e. The summed E-state index contributed by atoms with van der Waals surface area (Å²) in [5.41, 5.74) is 1.66. The Kier molecular flexibility index (Phi) is 2.58. The standard InChI is InChI=1S/C13H24N2/c1-10-6-7-12-9-15(13(3,4)5)11(2)8-14(10)12/h11-12H,1,6-9H2,2-5H3. The SMILES string of the molecule is C=C1CCC2CN(C(C)(C)C)C(C)CN12. The molecule has 2 fully saturated rings. The summed E-state index contributed by atoms with van der Waals surface area (Å²) in [6.45, 7) is 15.9. The van der Waals surface area contributed by atoms with Crippen molar-refractivity contribution in [3.05, 3.63) is 12.3 Å². The molecule has 2 saturated heterocycles. The molecule has 2 aliphatic heterocycles. The monoisotopic (exact) mass is 208 g/mol. The van der Waals surface area contributed by atoms with Crippen LogP contribution in [0.2, 0.25) is 0 Å². The van der Waals surface area contributed by atoms with E-state index in [1.54, 1.807) is 0 Å². The molecule has 2 nitrogen and oxygen atoms in total. The smallest absolute Gasteiger partial charge is 0.0418 e. The molecule has 0 saturated carbocycles. The van der Waals surface area contributed by atoms with Crippen LogP contribution in [0.3, 0.4) is 0 Å². The van der Waals surface area contributed by atoms with Crippen LogP contribution in [-0.4, -0.2) is 40.5 Å². The zero-order valence-corrected chi connectivity index (χ0v) is 10.6. The van der Waals surface area contributed by atoms with Crippen LogP contribution < -0.4 is 0 Å². The highest BCUT2D eigenvalue weighted by Crippen LogP contribution is 2.33. The van der Waals surface area contributed by atoms with Crippen LogP contribution in [0, 0.1) is 0 Å². The maximum absolute atomic E-state index is 4.17. The fourth-order valence-corrected chi connectivity index (χ4v) is 3.08. The minimum Gasteiger partial charge on any atom is -0.369 e. The summed E-state index contributed by atoms with van der Waals surface area (Å²) in [5, 5.41) is 0. The van der Waals surface area contributed by atoms with E-state index in [4.69, 9.17) is 0 Å². The second-order valence-electron chi connectivity index (χ2n) is 6.08. The molecule has 2 unspecified atom stereocenters. The lowest BCUT2D eigenvalue weighted by Gasteiger charge is -2.49. The Morgan fingerprint density at radius 3 is 2.53 bits per heavy atom. The minimum absolute atomic E-state index is 0.301. The molecule has 2 aliphatic rings. The summed E-state index contributed by atoms with van der Waals surface area (Å²) in [4.78, 5) is 5.18. The molecule has 86 valence electrons. The number of fused-ring (bicyclic) bond motifs is 1. The molecule has 0 aromatic heterocycles. The highest BCUT2D eigenvalue weighted by Gasteiger charge is 2.39. The first-order valence-electron chi connectivity index (χ1n) is 6.11. The molecule has 2 atom stereocenters. The van der Waals surface area contributed by atoms with Gasteiger partial charge in [0.05, 0.1) is 0 Å². The third-order valence-electron chi connectivity index (χ3n) is 3.88. The number of hydrogen-bond donors (Lipinski definition) is 0. The molecule has 2 heteroatoms. The summed E-state index contributed by atoms with van der Waals surface area (Å²) < 4.78 is 0. The molecule has 0 aromatic carbocycles. The molecule has 0 N–H and O–H groups in total. The summed E-state index contributed by atoms with van der Waals surface area (Å²) in [7, 11) is 0. The van der Waals surface area contributed by atoms with Crippen LogP contribution in [0.4, 0.5) is 0 Å². The van der Waals surface area contributed by atoms with E-state index in [9.17, 15) is 0 Å². The van der Waals surface area contributed by atoms with Crippen molar-refractivity contribution in [2.45, 2.75) is 58.2 Å². The Morgan fingerprint density at radius 1 is 1.27 bits per heavy atom. The van der Waals surface area contributed by atoms with Crippen LogP contribution in [0.5, 0.6) is 0 Å². The van der Waals surface area contributed by atoms with Gasteiger partial charge in [0.1, 0.15) is 0 Å². The Balaban J connectivity index is 2.12. The van der Waals surface area contributed by atoms with Crippen LogP contribution in [0.1, 0.15) is 40.5 Å². The average molecular weight is 208 g/mol. The molecule has 2 rings (SSSR count). The zero-order chi connectivity index (χ0) is 11.2. The molecular formula is C13H24N2. The number of nitrogens with zero attached hydrogens (tertiary/aromatic N) is 2. The summed E-state index contributed by atoms with van der Waals surface area (Å²) in [6.07, 6.45) is 2.51. The van der Waals surface area contributed by atoms with Gasteiger partial charge < -0.3 is 4.90 Å². The van der Waals surface area contributed by atoms with E-state index in [0.29, 0.717) is 11.6 Å². The van der Waals surface area contributed by atoms with Crippen LogP contribution in [-0.2, 0) is 0 Å². The lowest BCUT2D eigenvalue weighted by atomic mass is 9.98. The van der Waals surface area contributed by atoms with E-state index in [0.717, 1.165) is 6.04 Å². The summed E-state index contributed by atoms with van der Waals surface area (Å²) >= 11 is 0. The van der Waals surface area contributed by atoms with Crippen molar-refractivity contribution in [3.63, 3.8) is 0 Å². The quantitative estimate of drug-likeness (QED) is 0.603. The Hall–Kier alpha value is -0.500. The average Bonchev–Trinajstić information content (AvgIpc) is 2.45. The highest BCUT2D eigenvalue weighted by molar-refractivity contribution is 5.09. The van der Waals surface area contributed by atoms with Gasteiger partial charge in [-0.25, -0.2) is 0 Å². The first-order chi connectivity index (χ1) is 6.89. The van der Waals surface area contributed by atoms with Gasteiger partial charge in [-0.3, -0.25) is 4.90 Å². The van der Waals surface area contributed by atoms with Crippen molar-refractivity contribution in [2.75, 3.05) is 13.1 Å². The van der Waals surface area contributed by atoms with Crippen LogP contribution >= 0.6 is 0 Å². The van der Waals surface area contributed by atoms with E-state index in [2.05, 4.69) is 44.1 Å². The molecule has 0 amide bonds. The van der Waals surface area contributed by atoms with Gasteiger partial charge in [-0.1, -0.05) is 6.58 Å². The van der Waals surface area contributed by atoms with Crippen molar-refractivity contribution in [1.82, 2.24) is 9.80 Å². The molecular weight excluding hydrogens is 184 g/mol. The van der Waals surface area contributed by atoms with E-state index in [-0.39, 0.29) is 0 Å². The Labute approximate surface area is 93.9 Å². The zero-order valence-electron chi connectivity index (χ0n) is 10.6. The van der Waals surface area contributed by atoms with Gasteiger partial charge >= 0.3 is 0 Å². The fraction of sp³-hybridized carbons (Fsp3) is 0.846. The van der Waals surface area contributed by atoms with Crippen molar-refractivity contribution in [1.29, 1.82) is 0 Å². The summed E-state index contributed by atoms with van der Waals surface area (Å²) in [6, 6.07) is 1.38. The lowest BCUT2D eigenvalue weighted by molar-refractivity contribution is 0.00820. The van der Waals surface area contributed by atoms with E-state index >= 15 is 0 Å². The number of rotatable bonds is 0. The topological polar surface area (TPSA) is 6.48 Å². The number of piperazine rings is 1. The molecule has 15 heavy (non-hydrogen) atoms. The molecule has 0 radical (unpaired) electrons. The predicted octanol–water partition coefficient (Wildman–Crippen LogP) is 2.47. The van der Waals surface area contributed by atoms with Gasteiger partial charge in [0.25, 0.3) is 0 Å². The highest BCUT2D eigenvalue weighted by atomic mass is 15.3. The Bertz CT molecular complexity index is 264. The maximum atomic E-state index is 4.17. The Morgan fingerprint density at radius 2 is 1.93 bits per heavy atom. The first-order valence-corrected chi connectivity index (χ1v) is 6.11. The van der Waals surface area contributed by atoms with E-state index in [1.807, 2.05) is 0 Å². The van der Waals surface area contributed by atoms with Gasteiger partial charge in [-0.2, -0.15) is 0 Å². The molecule has 0 bridgehead atoms. The molecule has 0 aromatic rings. The molecule has 0 aliphatic carbocycles. The molecule has 0 spiro atoms. The fourth-order valence-electron chi connectivity index (χ4n) is 3.08. The molecule has 2 heterocycles. The number of hydrogen-bond acceptors (Lipinski definition) is 2. The summed E-state index contributed by atoms with van der Waals surface area (Å²) in [5.74, 6) is 0. The normalized spacial score (nSPS) is 33.3. The van der Waals surface area contributed by atoms with Gasteiger partial charge in [-0.15, -0.1) is 0 Å². The van der Waals surface area contributed by atoms with E-state index < -0.39 is 0 Å². The van der Waals surface area contributed by atoms with E-state index in [1.165, 1.54) is 31.6 Å². The number of allylic oxidation sites excluding steroid dienone is 1. The maximum Gasteiger partial charge on any atom is 0.0418 e.